The normalized spacial score (nSPS) is 11.9. The number of nitrogens with zero attached hydrogens (tertiary/aromatic N) is 2. The molecule has 0 bridgehead atoms. The van der Waals surface area contributed by atoms with Crippen LogP contribution in [0.25, 0.3) is 21.3 Å². The van der Waals surface area contributed by atoms with Crippen molar-refractivity contribution in [3.05, 3.63) is 75.8 Å². The van der Waals surface area contributed by atoms with Gasteiger partial charge in [0.25, 0.3) is 0 Å². The van der Waals surface area contributed by atoms with Gasteiger partial charge in [-0.1, -0.05) is 47.5 Å². The lowest BCUT2D eigenvalue weighted by Crippen LogP contribution is -2.06. The summed E-state index contributed by atoms with van der Waals surface area (Å²) in [5, 5.41) is 10.8. The lowest BCUT2D eigenvalue weighted by molar-refractivity contribution is 0.686. The first-order valence-corrected chi connectivity index (χ1v) is 11.2. The maximum absolute atomic E-state index is 13.0. The van der Waals surface area contributed by atoms with Crippen molar-refractivity contribution >= 4 is 49.8 Å². The third-order valence-electron chi connectivity index (χ3n) is 4.47. The first kappa shape index (κ1) is 19.6. The number of nitriles is 1. The Bertz CT molecular complexity index is 1310. The Morgan fingerprint density at radius 1 is 1.14 bits per heavy atom. The second kappa shape index (κ2) is 7.96. The van der Waals surface area contributed by atoms with E-state index in [4.69, 9.17) is 11.6 Å². The van der Waals surface area contributed by atoms with Crippen molar-refractivity contribution in [2.24, 2.45) is 0 Å². The van der Waals surface area contributed by atoms with Crippen molar-refractivity contribution in [2.45, 2.75) is 18.7 Å². The van der Waals surface area contributed by atoms with E-state index in [2.05, 4.69) is 27.9 Å². The summed E-state index contributed by atoms with van der Waals surface area (Å²) in [7, 11) is -1.54. The van der Waals surface area contributed by atoms with Crippen LogP contribution in [0.5, 0.6) is 0 Å². The van der Waals surface area contributed by atoms with E-state index in [1.807, 2.05) is 26.0 Å². The third kappa shape index (κ3) is 3.90. The average molecular weight is 438 g/mol. The fourth-order valence-electron chi connectivity index (χ4n) is 3.24. The van der Waals surface area contributed by atoms with Crippen LogP contribution >= 0.6 is 22.9 Å². The maximum atomic E-state index is 13.0. The summed E-state index contributed by atoms with van der Waals surface area (Å²) in [5.41, 5.74) is 4.15. The molecule has 29 heavy (non-hydrogen) atoms. The topological polar surface area (TPSA) is 65.8 Å². The quantitative estimate of drug-likeness (QED) is 0.411. The highest BCUT2D eigenvalue weighted by molar-refractivity contribution is 7.86. The lowest BCUT2D eigenvalue weighted by Gasteiger charge is -2.11. The number of fused-ring (bicyclic) bond motifs is 1. The summed E-state index contributed by atoms with van der Waals surface area (Å²) in [6, 6.07) is 18.9. The number of thiophene rings is 1. The SMILES string of the molecule is Cc1cccc(-c2c(C)sc3nc(C#N)cc(NS(=O)c4cccc(Cl)c4)c23)c1. The van der Waals surface area contributed by atoms with Gasteiger partial charge in [0.2, 0.25) is 0 Å². The van der Waals surface area contributed by atoms with Crippen LogP contribution < -0.4 is 4.72 Å². The number of nitrogens with one attached hydrogen (secondary N) is 1. The van der Waals surface area contributed by atoms with Crippen molar-refractivity contribution in [3.8, 4) is 17.2 Å². The van der Waals surface area contributed by atoms with Crippen LogP contribution in [0.4, 0.5) is 5.69 Å². The number of benzene rings is 2. The summed E-state index contributed by atoms with van der Waals surface area (Å²) in [6.07, 6.45) is 0. The fourth-order valence-corrected chi connectivity index (χ4v) is 5.48. The summed E-state index contributed by atoms with van der Waals surface area (Å²) >= 11 is 7.57. The highest BCUT2D eigenvalue weighted by atomic mass is 35.5. The van der Waals surface area contributed by atoms with E-state index < -0.39 is 11.0 Å². The molecule has 4 nitrogen and oxygen atoms in total. The molecule has 0 aliphatic carbocycles. The van der Waals surface area contributed by atoms with Crippen molar-refractivity contribution < 1.29 is 4.21 Å². The van der Waals surface area contributed by atoms with E-state index in [1.54, 1.807) is 30.3 Å². The van der Waals surface area contributed by atoms with Gasteiger partial charge in [-0.3, -0.25) is 0 Å². The maximum Gasteiger partial charge on any atom is 0.150 e. The monoisotopic (exact) mass is 437 g/mol. The molecule has 2 aromatic heterocycles. The largest absolute Gasteiger partial charge is 0.300 e. The molecule has 2 heterocycles. The van der Waals surface area contributed by atoms with Gasteiger partial charge in [-0.05, 0) is 43.7 Å². The summed E-state index contributed by atoms with van der Waals surface area (Å²) in [6.45, 7) is 4.08. The molecule has 4 rings (SSSR count). The first-order chi connectivity index (χ1) is 14.0. The molecule has 144 valence electrons. The molecule has 1 N–H and O–H groups in total. The second-order valence-electron chi connectivity index (χ2n) is 6.58. The van der Waals surface area contributed by atoms with Gasteiger partial charge >= 0.3 is 0 Å². The van der Waals surface area contributed by atoms with E-state index in [-0.39, 0.29) is 5.69 Å². The van der Waals surface area contributed by atoms with Crippen LogP contribution in [0.1, 0.15) is 16.1 Å². The molecule has 0 fully saturated rings. The standard InChI is InChI=1S/C22H16ClN3OS2/c1-13-5-3-6-15(9-13)20-14(2)28-22-21(20)19(11-17(12-24)25-22)26-29(27)18-8-4-7-16(23)10-18/h3-11H,1-2H3,(H,25,26). The van der Waals surface area contributed by atoms with Gasteiger partial charge in [-0.2, -0.15) is 5.26 Å². The molecule has 0 saturated heterocycles. The Kier molecular flexibility index (Phi) is 5.37. The van der Waals surface area contributed by atoms with Crippen molar-refractivity contribution in [1.29, 1.82) is 5.26 Å². The van der Waals surface area contributed by atoms with Gasteiger partial charge in [0.15, 0.2) is 0 Å². The van der Waals surface area contributed by atoms with Crippen LogP contribution in [0, 0.1) is 25.2 Å². The van der Waals surface area contributed by atoms with E-state index in [1.165, 1.54) is 11.3 Å². The van der Waals surface area contributed by atoms with Crippen molar-refractivity contribution in [1.82, 2.24) is 4.98 Å². The molecule has 0 spiro atoms. The molecule has 1 unspecified atom stereocenters. The van der Waals surface area contributed by atoms with Gasteiger partial charge < -0.3 is 4.72 Å². The molecule has 0 saturated carbocycles. The highest BCUT2D eigenvalue weighted by Crippen LogP contribution is 2.42. The molecule has 0 amide bonds. The summed E-state index contributed by atoms with van der Waals surface area (Å²) in [5.74, 6) is 0. The number of rotatable bonds is 4. The fraction of sp³-hybridized carbons (Fsp3) is 0.0909. The Balaban J connectivity index is 1.90. The molecule has 4 aromatic rings. The summed E-state index contributed by atoms with van der Waals surface area (Å²) < 4.78 is 16.0. The van der Waals surface area contributed by atoms with Crippen molar-refractivity contribution in [2.75, 3.05) is 4.72 Å². The number of anilines is 1. The first-order valence-electron chi connectivity index (χ1n) is 8.81. The van der Waals surface area contributed by atoms with Gasteiger partial charge in [-0.15, -0.1) is 11.3 Å². The molecule has 2 aromatic carbocycles. The molecule has 1 atom stereocenters. The highest BCUT2D eigenvalue weighted by Gasteiger charge is 2.19. The Morgan fingerprint density at radius 3 is 2.66 bits per heavy atom. The minimum Gasteiger partial charge on any atom is -0.300 e. The van der Waals surface area contributed by atoms with Crippen LogP contribution in [0.2, 0.25) is 5.02 Å². The predicted octanol–water partition coefficient (Wildman–Crippen LogP) is 6.24. The minimum absolute atomic E-state index is 0.278. The zero-order valence-corrected chi connectivity index (χ0v) is 18.1. The number of hydrogen-bond donors (Lipinski definition) is 1. The van der Waals surface area contributed by atoms with Gasteiger partial charge in [0, 0.05) is 20.8 Å². The van der Waals surface area contributed by atoms with Crippen LogP contribution in [-0.4, -0.2) is 9.19 Å². The van der Waals surface area contributed by atoms with Crippen LogP contribution in [0.3, 0.4) is 0 Å². The van der Waals surface area contributed by atoms with E-state index in [0.717, 1.165) is 31.8 Å². The Hall–Kier alpha value is -2.72. The van der Waals surface area contributed by atoms with Crippen LogP contribution in [-0.2, 0) is 11.0 Å². The number of aromatic nitrogens is 1. The average Bonchev–Trinajstić information content (AvgIpc) is 3.03. The van der Waals surface area contributed by atoms with E-state index in [9.17, 15) is 9.47 Å². The molecule has 0 aliphatic rings. The Morgan fingerprint density at radius 2 is 1.93 bits per heavy atom. The number of halogens is 1. The van der Waals surface area contributed by atoms with Crippen LogP contribution in [0.15, 0.2) is 59.5 Å². The zero-order chi connectivity index (χ0) is 20.5. The Labute approximate surface area is 180 Å². The molecule has 0 aliphatic heterocycles. The number of hydrogen-bond acceptors (Lipinski definition) is 4. The molecular formula is C22H16ClN3OS2. The lowest BCUT2D eigenvalue weighted by atomic mass is 10.0. The van der Waals surface area contributed by atoms with E-state index in [0.29, 0.717) is 15.6 Å². The van der Waals surface area contributed by atoms with Gasteiger partial charge in [0.05, 0.1) is 10.6 Å². The van der Waals surface area contributed by atoms with Crippen molar-refractivity contribution in [3.63, 3.8) is 0 Å². The smallest absolute Gasteiger partial charge is 0.150 e. The minimum atomic E-state index is -1.54. The zero-order valence-electron chi connectivity index (χ0n) is 15.7. The third-order valence-corrected chi connectivity index (χ3v) is 6.79. The number of pyridine rings is 1. The molecule has 0 radical (unpaired) electrons. The van der Waals surface area contributed by atoms with Gasteiger partial charge in [0.1, 0.15) is 27.6 Å². The summed E-state index contributed by atoms with van der Waals surface area (Å²) in [4.78, 5) is 6.86. The molecule has 7 heteroatoms. The predicted molar refractivity (Wildman–Crippen MR) is 121 cm³/mol. The van der Waals surface area contributed by atoms with Gasteiger partial charge in [-0.25, -0.2) is 9.19 Å². The van der Waals surface area contributed by atoms with E-state index >= 15 is 0 Å². The molecular weight excluding hydrogens is 422 g/mol. The second-order valence-corrected chi connectivity index (χ2v) is 9.43. The number of aryl methyl sites for hydroxylation is 2.